The van der Waals surface area contributed by atoms with Crippen LogP contribution in [-0.4, -0.2) is 29.9 Å². The van der Waals surface area contributed by atoms with Crippen molar-refractivity contribution in [3.63, 3.8) is 0 Å². The van der Waals surface area contributed by atoms with Gasteiger partial charge in [-0.2, -0.15) is 0 Å². The van der Waals surface area contributed by atoms with Crippen molar-refractivity contribution in [2.45, 2.75) is 58.5 Å². The van der Waals surface area contributed by atoms with Crippen molar-refractivity contribution in [1.82, 2.24) is 0 Å². The smallest absolute Gasteiger partial charge is 0.314 e. The van der Waals surface area contributed by atoms with Crippen molar-refractivity contribution in [1.29, 1.82) is 0 Å². The molecular weight excluding hydrogens is 248 g/mol. The molecule has 0 N–H and O–H groups in total. The van der Waals surface area contributed by atoms with Gasteiger partial charge in [-0.25, -0.2) is 0 Å². The molecule has 0 aliphatic carbocycles. The number of carbonyl (C=O) groups excluding carboxylic acids is 2. The average Bonchev–Trinajstić information content (AvgIpc) is 2.91. The van der Waals surface area contributed by atoms with E-state index in [2.05, 4.69) is 0 Å². The largest absolute Gasteiger partial charge is 0.459 e. The molecule has 0 saturated carbocycles. The summed E-state index contributed by atoms with van der Waals surface area (Å²) in [6.07, 6.45) is 0.630. The number of hydrogen-bond donors (Lipinski definition) is 0. The predicted molar refractivity (Wildman–Crippen MR) is 64.9 cm³/mol. The Balaban J connectivity index is 1.83. The van der Waals surface area contributed by atoms with Crippen LogP contribution in [0.3, 0.4) is 0 Å². The zero-order valence-electron chi connectivity index (χ0n) is 11.8. The third-order valence-corrected chi connectivity index (χ3v) is 5.00. The molecule has 5 atom stereocenters. The Labute approximate surface area is 112 Å². The summed E-state index contributed by atoms with van der Waals surface area (Å²) in [4.78, 5) is 23.9. The van der Waals surface area contributed by atoms with E-state index in [0.717, 1.165) is 0 Å². The van der Waals surface area contributed by atoms with Crippen LogP contribution in [0.2, 0.25) is 0 Å². The summed E-state index contributed by atoms with van der Waals surface area (Å²) in [6.45, 7) is 7.58. The molecule has 3 saturated heterocycles. The molecular formula is C14H20O5. The van der Waals surface area contributed by atoms with Crippen molar-refractivity contribution in [3.05, 3.63) is 0 Å². The lowest BCUT2D eigenvalue weighted by atomic mass is 9.80. The quantitative estimate of drug-likeness (QED) is 0.728. The van der Waals surface area contributed by atoms with Gasteiger partial charge in [0.15, 0.2) is 0 Å². The van der Waals surface area contributed by atoms with Gasteiger partial charge in [0.25, 0.3) is 0 Å². The van der Waals surface area contributed by atoms with Crippen LogP contribution in [0, 0.1) is 17.3 Å². The Hall–Kier alpha value is -1.10. The SMILES string of the molecule is CCC(C)(C)C(=O)OC12CC3C(=O)OC(C3O1)C2C. The van der Waals surface area contributed by atoms with Crippen LogP contribution in [0.25, 0.3) is 0 Å². The van der Waals surface area contributed by atoms with Crippen LogP contribution in [-0.2, 0) is 23.8 Å². The number of rotatable bonds is 3. The van der Waals surface area contributed by atoms with Crippen LogP contribution in [0.4, 0.5) is 0 Å². The molecule has 106 valence electrons. The summed E-state index contributed by atoms with van der Waals surface area (Å²) in [5, 5.41) is 0. The maximum absolute atomic E-state index is 12.3. The fourth-order valence-electron chi connectivity index (χ4n) is 3.11. The lowest BCUT2D eigenvalue weighted by molar-refractivity contribution is -0.226. The van der Waals surface area contributed by atoms with Crippen LogP contribution >= 0.6 is 0 Å². The molecule has 3 heterocycles. The maximum atomic E-state index is 12.3. The van der Waals surface area contributed by atoms with Crippen molar-refractivity contribution in [2.24, 2.45) is 17.3 Å². The highest BCUT2D eigenvalue weighted by Gasteiger charge is 2.71. The van der Waals surface area contributed by atoms with Gasteiger partial charge in [-0.1, -0.05) is 13.8 Å². The van der Waals surface area contributed by atoms with Gasteiger partial charge >= 0.3 is 11.9 Å². The Morgan fingerprint density at radius 2 is 2.16 bits per heavy atom. The van der Waals surface area contributed by atoms with Crippen molar-refractivity contribution >= 4 is 11.9 Å². The molecule has 0 aromatic rings. The molecule has 0 spiro atoms. The van der Waals surface area contributed by atoms with Gasteiger partial charge in [0.1, 0.15) is 12.2 Å². The molecule has 3 aliphatic rings. The first-order chi connectivity index (χ1) is 8.81. The Morgan fingerprint density at radius 3 is 2.74 bits per heavy atom. The van der Waals surface area contributed by atoms with Gasteiger partial charge in [-0.3, -0.25) is 9.59 Å². The number of fused-ring (bicyclic) bond motifs is 1. The molecule has 5 heteroatoms. The van der Waals surface area contributed by atoms with Crippen molar-refractivity contribution in [2.75, 3.05) is 0 Å². The van der Waals surface area contributed by atoms with Crippen LogP contribution < -0.4 is 0 Å². The minimum atomic E-state index is -0.963. The molecule has 19 heavy (non-hydrogen) atoms. The second-order valence-corrected chi connectivity index (χ2v) is 6.52. The van der Waals surface area contributed by atoms with E-state index in [9.17, 15) is 9.59 Å². The molecule has 3 fully saturated rings. The highest BCUT2D eigenvalue weighted by molar-refractivity contribution is 5.79. The minimum Gasteiger partial charge on any atom is -0.459 e. The van der Waals surface area contributed by atoms with Crippen molar-refractivity contribution in [3.8, 4) is 0 Å². The maximum Gasteiger partial charge on any atom is 0.314 e. The van der Waals surface area contributed by atoms with E-state index in [-0.39, 0.29) is 36.0 Å². The lowest BCUT2D eigenvalue weighted by Gasteiger charge is -2.33. The van der Waals surface area contributed by atoms with Gasteiger partial charge < -0.3 is 14.2 Å². The molecule has 5 nitrogen and oxygen atoms in total. The monoisotopic (exact) mass is 268 g/mol. The fourth-order valence-corrected chi connectivity index (χ4v) is 3.11. The predicted octanol–water partition coefficient (Wildman–Crippen LogP) is 1.64. The first kappa shape index (κ1) is 12.9. The Kier molecular flexibility index (Phi) is 2.53. The van der Waals surface area contributed by atoms with Crippen molar-refractivity contribution < 1.29 is 23.8 Å². The number of ether oxygens (including phenoxy) is 3. The summed E-state index contributed by atoms with van der Waals surface area (Å²) in [5.74, 6) is -1.81. The summed E-state index contributed by atoms with van der Waals surface area (Å²) >= 11 is 0. The van der Waals surface area contributed by atoms with E-state index >= 15 is 0 Å². The topological polar surface area (TPSA) is 61.8 Å². The number of esters is 2. The first-order valence-electron chi connectivity index (χ1n) is 6.92. The first-order valence-corrected chi connectivity index (χ1v) is 6.92. The lowest BCUT2D eigenvalue weighted by Crippen LogP contribution is -2.45. The van der Waals surface area contributed by atoms with E-state index in [4.69, 9.17) is 14.2 Å². The highest BCUT2D eigenvalue weighted by atomic mass is 16.7. The summed E-state index contributed by atoms with van der Waals surface area (Å²) in [5.41, 5.74) is -0.539. The normalized spacial score (nSPS) is 43.5. The highest BCUT2D eigenvalue weighted by Crippen LogP contribution is 2.56. The average molecular weight is 268 g/mol. The van der Waals surface area contributed by atoms with Crippen LogP contribution in [0.1, 0.15) is 40.5 Å². The van der Waals surface area contributed by atoms with Gasteiger partial charge in [0.05, 0.1) is 17.3 Å². The molecule has 0 amide bonds. The zero-order chi connectivity index (χ0) is 14.0. The molecule has 0 aromatic carbocycles. The standard InChI is InChI=1S/C14H20O5/c1-5-13(3,4)12(16)19-14-6-8-10(18-14)9(7(14)2)17-11(8)15/h7-10H,5-6H2,1-4H3. The Bertz CT molecular complexity index is 443. The molecule has 3 rings (SSSR count). The van der Waals surface area contributed by atoms with E-state index in [1.165, 1.54) is 0 Å². The second-order valence-electron chi connectivity index (χ2n) is 6.52. The third-order valence-electron chi connectivity index (χ3n) is 5.00. The van der Waals surface area contributed by atoms with E-state index in [1.807, 2.05) is 27.7 Å². The van der Waals surface area contributed by atoms with Gasteiger partial charge in [0, 0.05) is 6.42 Å². The molecule has 3 aliphatic heterocycles. The number of carbonyl (C=O) groups is 2. The summed E-state index contributed by atoms with van der Waals surface area (Å²) in [6, 6.07) is 0. The van der Waals surface area contributed by atoms with Crippen LogP contribution in [0.5, 0.6) is 0 Å². The van der Waals surface area contributed by atoms with Gasteiger partial charge in [0.2, 0.25) is 5.79 Å². The molecule has 0 radical (unpaired) electrons. The van der Waals surface area contributed by atoms with Crippen LogP contribution in [0.15, 0.2) is 0 Å². The van der Waals surface area contributed by atoms with E-state index in [1.54, 1.807) is 0 Å². The zero-order valence-corrected chi connectivity index (χ0v) is 11.8. The fraction of sp³-hybridized carbons (Fsp3) is 0.857. The summed E-state index contributed by atoms with van der Waals surface area (Å²) in [7, 11) is 0. The summed E-state index contributed by atoms with van der Waals surface area (Å²) < 4.78 is 16.9. The molecule has 2 bridgehead atoms. The molecule has 0 aromatic heterocycles. The van der Waals surface area contributed by atoms with E-state index in [0.29, 0.717) is 12.8 Å². The Morgan fingerprint density at radius 1 is 1.47 bits per heavy atom. The third kappa shape index (κ3) is 1.57. The second kappa shape index (κ2) is 3.72. The minimum absolute atomic E-state index is 0.100. The number of hydrogen-bond acceptors (Lipinski definition) is 5. The molecule has 5 unspecified atom stereocenters. The van der Waals surface area contributed by atoms with E-state index < -0.39 is 11.2 Å². The van der Waals surface area contributed by atoms with Gasteiger partial charge in [-0.05, 0) is 20.3 Å². The van der Waals surface area contributed by atoms with Gasteiger partial charge in [-0.15, -0.1) is 0 Å².